The number of nitrogens with two attached hydrogens (primary N) is 1. The molecule has 5 nitrogen and oxygen atoms in total. The number of aromatic nitrogens is 2. The highest BCUT2D eigenvalue weighted by molar-refractivity contribution is 5.67. The van der Waals surface area contributed by atoms with Gasteiger partial charge in [0.25, 0.3) is 0 Å². The highest BCUT2D eigenvalue weighted by Gasteiger charge is 2.17. The molecule has 0 aliphatic carbocycles. The second-order valence-corrected chi connectivity index (χ2v) is 4.58. The van der Waals surface area contributed by atoms with Crippen LogP contribution in [0.15, 0.2) is 45.7 Å². The Hall–Kier alpha value is -2.54. The number of rotatable bonds is 3. The standard InChI is InChI=1S/C14H11F2N3O2/c15-8-3-4-10(16)9(6-8)11(17)7-19-13-12(21-14(19)20)2-1-5-18-13/h1-6,11H,7,17H2. The smallest absolute Gasteiger partial charge is 0.406 e. The van der Waals surface area contributed by atoms with Crippen LogP contribution in [0.3, 0.4) is 0 Å². The van der Waals surface area contributed by atoms with Crippen molar-refractivity contribution in [1.29, 1.82) is 0 Å². The fraction of sp³-hybridized carbons (Fsp3) is 0.143. The van der Waals surface area contributed by atoms with Crippen molar-refractivity contribution in [3.63, 3.8) is 0 Å². The third-order valence-corrected chi connectivity index (χ3v) is 3.16. The largest absolute Gasteiger partial charge is 0.421 e. The molecule has 0 saturated carbocycles. The van der Waals surface area contributed by atoms with Crippen LogP contribution < -0.4 is 11.5 Å². The third kappa shape index (κ3) is 2.43. The Labute approximate surface area is 117 Å². The first-order valence-electron chi connectivity index (χ1n) is 6.21. The van der Waals surface area contributed by atoms with Crippen LogP contribution in [0.25, 0.3) is 11.2 Å². The van der Waals surface area contributed by atoms with Gasteiger partial charge >= 0.3 is 5.76 Å². The van der Waals surface area contributed by atoms with Gasteiger partial charge in [-0.1, -0.05) is 0 Å². The maximum Gasteiger partial charge on any atom is 0.421 e. The molecule has 1 unspecified atom stereocenters. The van der Waals surface area contributed by atoms with Gasteiger partial charge in [-0.05, 0) is 30.3 Å². The van der Waals surface area contributed by atoms with E-state index in [2.05, 4.69) is 4.98 Å². The lowest BCUT2D eigenvalue weighted by atomic mass is 10.1. The first kappa shape index (κ1) is 13.4. The van der Waals surface area contributed by atoms with Crippen LogP contribution in [0, 0.1) is 11.6 Å². The fourth-order valence-corrected chi connectivity index (χ4v) is 2.16. The van der Waals surface area contributed by atoms with E-state index in [1.807, 2.05) is 0 Å². The lowest BCUT2D eigenvalue weighted by Crippen LogP contribution is -2.25. The van der Waals surface area contributed by atoms with Gasteiger partial charge in [0, 0.05) is 11.8 Å². The summed E-state index contributed by atoms with van der Waals surface area (Å²) in [5.74, 6) is -1.86. The van der Waals surface area contributed by atoms with Gasteiger partial charge in [-0.25, -0.2) is 18.6 Å². The predicted octanol–water partition coefficient (Wildman–Crippen LogP) is 1.97. The molecular weight excluding hydrogens is 280 g/mol. The van der Waals surface area contributed by atoms with E-state index in [1.165, 1.54) is 10.8 Å². The van der Waals surface area contributed by atoms with Crippen LogP contribution in [-0.2, 0) is 6.54 Å². The van der Waals surface area contributed by atoms with Gasteiger partial charge in [0.2, 0.25) is 0 Å². The van der Waals surface area contributed by atoms with Crippen molar-refractivity contribution >= 4 is 11.2 Å². The van der Waals surface area contributed by atoms with E-state index >= 15 is 0 Å². The number of nitrogens with zero attached hydrogens (tertiary/aromatic N) is 2. The minimum Gasteiger partial charge on any atom is -0.406 e. The molecule has 2 heterocycles. The number of hydrogen-bond donors (Lipinski definition) is 1. The number of benzene rings is 1. The summed E-state index contributed by atoms with van der Waals surface area (Å²) in [7, 11) is 0. The molecule has 0 aliphatic rings. The van der Waals surface area contributed by atoms with Crippen molar-refractivity contribution in [3.05, 3.63) is 64.3 Å². The molecule has 1 atom stereocenters. The normalized spacial score (nSPS) is 12.7. The van der Waals surface area contributed by atoms with E-state index in [1.54, 1.807) is 12.1 Å². The van der Waals surface area contributed by atoms with E-state index < -0.39 is 23.4 Å². The average molecular weight is 291 g/mol. The lowest BCUT2D eigenvalue weighted by molar-refractivity contribution is 0.469. The van der Waals surface area contributed by atoms with E-state index in [0.717, 1.165) is 18.2 Å². The molecule has 2 aromatic heterocycles. The fourth-order valence-electron chi connectivity index (χ4n) is 2.16. The molecular formula is C14H11F2N3O2. The molecule has 0 bridgehead atoms. The molecule has 0 radical (unpaired) electrons. The van der Waals surface area contributed by atoms with Crippen LogP contribution in [0.4, 0.5) is 8.78 Å². The van der Waals surface area contributed by atoms with E-state index in [4.69, 9.17) is 10.2 Å². The van der Waals surface area contributed by atoms with Crippen molar-refractivity contribution < 1.29 is 13.2 Å². The lowest BCUT2D eigenvalue weighted by Gasteiger charge is -2.13. The van der Waals surface area contributed by atoms with Crippen molar-refractivity contribution in [2.24, 2.45) is 5.73 Å². The predicted molar refractivity (Wildman–Crippen MR) is 71.6 cm³/mol. The van der Waals surface area contributed by atoms with Crippen LogP contribution in [0.2, 0.25) is 0 Å². The summed E-state index contributed by atoms with van der Waals surface area (Å²) in [6.45, 7) is -0.0663. The molecule has 0 fully saturated rings. The van der Waals surface area contributed by atoms with E-state index in [-0.39, 0.29) is 12.1 Å². The first-order chi connectivity index (χ1) is 10.1. The highest BCUT2D eigenvalue weighted by Crippen LogP contribution is 2.19. The summed E-state index contributed by atoms with van der Waals surface area (Å²) >= 11 is 0. The maximum atomic E-state index is 13.7. The first-order valence-corrected chi connectivity index (χ1v) is 6.21. The molecule has 3 rings (SSSR count). The molecule has 2 N–H and O–H groups in total. The molecule has 0 aliphatic heterocycles. The topological polar surface area (TPSA) is 74.0 Å². The zero-order valence-corrected chi connectivity index (χ0v) is 10.8. The van der Waals surface area contributed by atoms with E-state index in [9.17, 15) is 13.6 Å². The Morgan fingerprint density at radius 3 is 2.95 bits per heavy atom. The van der Waals surface area contributed by atoms with Crippen LogP contribution in [-0.4, -0.2) is 9.55 Å². The summed E-state index contributed by atoms with van der Waals surface area (Å²) in [6.07, 6.45) is 1.50. The van der Waals surface area contributed by atoms with Crippen molar-refractivity contribution in [1.82, 2.24) is 9.55 Å². The molecule has 1 aromatic carbocycles. The quantitative estimate of drug-likeness (QED) is 0.800. The molecule has 0 amide bonds. The zero-order valence-electron chi connectivity index (χ0n) is 10.8. The number of halogens is 2. The Balaban J connectivity index is 2.00. The Morgan fingerprint density at radius 2 is 2.14 bits per heavy atom. The molecule has 3 aromatic rings. The summed E-state index contributed by atoms with van der Waals surface area (Å²) < 4.78 is 33.1. The third-order valence-electron chi connectivity index (χ3n) is 3.16. The summed E-state index contributed by atoms with van der Waals surface area (Å²) in [6, 6.07) is 5.34. The monoisotopic (exact) mass is 291 g/mol. The van der Waals surface area contributed by atoms with E-state index in [0.29, 0.717) is 11.2 Å². The minimum atomic E-state index is -0.902. The van der Waals surface area contributed by atoms with Crippen molar-refractivity contribution in [2.45, 2.75) is 12.6 Å². The number of fused-ring (bicyclic) bond motifs is 1. The maximum absolute atomic E-state index is 13.7. The van der Waals surface area contributed by atoms with Gasteiger partial charge in [0.15, 0.2) is 11.2 Å². The van der Waals surface area contributed by atoms with Gasteiger partial charge in [0.05, 0.1) is 12.6 Å². The summed E-state index contributed by atoms with van der Waals surface area (Å²) in [4.78, 5) is 15.8. The highest BCUT2D eigenvalue weighted by atomic mass is 19.1. The van der Waals surface area contributed by atoms with Gasteiger partial charge < -0.3 is 10.2 Å². The Morgan fingerprint density at radius 1 is 1.33 bits per heavy atom. The van der Waals surface area contributed by atoms with Crippen LogP contribution >= 0.6 is 0 Å². The van der Waals surface area contributed by atoms with Crippen molar-refractivity contribution in [2.75, 3.05) is 0 Å². The number of oxazole rings is 1. The Bertz CT molecular complexity index is 857. The van der Waals surface area contributed by atoms with Gasteiger partial charge in [0.1, 0.15) is 11.6 Å². The second kappa shape index (κ2) is 5.10. The summed E-state index contributed by atoms with van der Waals surface area (Å²) in [5.41, 5.74) is 6.50. The van der Waals surface area contributed by atoms with Gasteiger partial charge in [-0.2, -0.15) is 0 Å². The average Bonchev–Trinajstić information content (AvgIpc) is 2.78. The molecule has 7 heteroatoms. The molecule has 0 saturated heterocycles. The number of hydrogen-bond acceptors (Lipinski definition) is 4. The molecule has 21 heavy (non-hydrogen) atoms. The SMILES string of the molecule is NC(Cn1c(=O)oc2cccnc21)c1cc(F)ccc1F. The second-order valence-electron chi connectivity index (χ2n) is 4.58. The van der Waals surface area contributed by atoms with Crippen LogP contribution in [0.5, 0.6) is 0 Å². The van der Waals surface area contributed by atoms with Crippen LogP contribution in [0.1, 0.15) is 11.6 Å². The molecule has 0 spiro atoms. The van der Waals surface area contributed by atoms with Gasteiger partial charge in [-0.3, -0.25) is 4.57 Å². The van der Waals surface area contributed by atoms with Gasteiger partial charge in [-0.15, -0.1) is 0 Å². The number of pyridine rings is 1. The summed E-state index contributed by atoms with van der Waals surface area (Å²) in [5, 5.41) is 0. The zero-order chi connectivity index (χ0) is 15.0. The molecule has 108 valence electrons. The Kier molecular flexibility index (Phi) is 3.26. The minimum absolute atomic E-state index is 0.00724. The van der Waals surface area contributed by atoms with Crippen molar-refractivity contribution in [3.8, 4) is 0 Å².